The van der Waals surface area contributed by atoms with Crippen LogP contribution in [0.25, 0.3) is 11.3 Å². The minimum absolute atomic E-state index is 0.0419. The second kappa shape index (κ2) is 6.44. The van der Waals surface area contributed by atoms with Gasteiger partial charge in [0.1, 0.15) is 5.76 Å². The standard InChI is InChI=1S/C15H11ClO6/c1-20-14(18)9-5-8(6-10(7-9)15(19)21-2)11-3-4-12(22-11)13(16)17/h3-7H,1-2H3. The Morgan fingerprint density at radius 2 is 1.50 bits per heavy atom. The molecule has 0 aliphatic heterocycles. The van der Waals surface area contributed by atoms with Crippen molar-refractivity contribution in [3.63, 3.8) is 0 Å². The van der Waals surface area contributed by atoms with Crippen LogP contribution in [0, 0.1) is 0 Å². The molecular weight excluding hydrogens is 312 g/mol. The zero-order valence-electron chi connectivity index (χ0n) is 11.7. The molecule has 1 aromatic carbocycles. The predicted molar refractivity (Wildman–Crippen MR) is 77.0 cm³/mol. The van der Waals surface area contributed by atoms with Gasteiger partial charge >= 0.3 is 11.9 Å². The topological polar surface area (TPSA) is 82.8 Å². The van der Waals surface area contributed by atoms with Crippen LogP contribution in [-0.4, -0.2) is 31.4 Å². The van der Waals surface area contributed by atoms with Crippen LogP contribution in [-0.2, 0) is 9.47 Å². The van der Waals surface area contributed by atoms with Gasteiger partial charge in [0.05, 0.1) is 25.3 Å². The van der Waals surface area contributed by atoms with Gasteiger partial charge in [0, 0.05) is 5.56 Å². The molecule has 22 heavy (non-hydrogen) atoms. The van der Waals surface area contributed by atoms with Crippen LogP contribution in [0.5, 0.6) is 0 Å². The Kier molecular flexibility index (Phi) is 4.62. The van der Waals surface area contributed by atoms with E-state index in [1.165, 1.54) is 44.6 Å². The number of ether oxygens (including phenoxy) is 2. The lowest BCUT2D eigenvalue weighted by Gasteiger charge is -2.06. The van der Waals surface area contributed by atoms with E-state index in [0.717, 1.165) is 0 Å². The minimum atomic E-state index is -0.747. The third-order valence-electron chi connectivity index (χ3n) is 2.86. The van der Waals surface area contributed by atoms with Gasteiger partial charge < -0.3 is 13.9 Å². The summed E-state index contributed by atoms with van der Waals surface area (Å²) in [6.45, 7) is 0. The Hall–Kier alpha value is -2.60. The summed E-state index contributed by atoms with van der Waals surface area (Å²) in [5.74, 6) is -1.00. The highest BCUT2D eigenvalue weighted by Crippen LogP contribution is 2.26. The molecule has 1 aromatic heterocycles. The van der Waals surface area contributed by atoms with Gasteiger partial charge in [-0.15, -0.1) is 0 Å². The fourth-order valence-corrected chi connectivity index (χ4v) is 1.94. The first kappa shape index (κ1) is 15.8. The SMILES string of the molecule is COC(=O)c1cc(C(=O)OC)cc(-c2ccc(C(=O)Cl)o2)c1. The van der Waals surface area contributed by atoms with Crippen molar-refractivity contribution < 1.29 is 28.3 Å². The maximum Gasteiger partial charge on any atom is 0.337 e. The Balaban J connectivity index is 2.55. The Morgan fingerprint density at radius 1 is 0.955 bits per heavy atom. The van der Waals surface area contributed by atoms with Gasteiger partial charge in [0.25, 0.3) is 5.24 Å². The lowest BCUT2D eigenvalue weighted by atomic mass is 10.0. The van der Waals surface area contributed by atoms with Gasteiger partial charge in [0.15, 0.2) is 5.76 Å². The number of hydrogen-bond donors (Lipinski definition) is 0. The van der Waals surface area contributed by atoms with Gasteiger partial charge in [-0.05, 0) is 41.9 Å². The third-order valence-corrected chi connectivity index (χ3v) is 3.05. The average molecular weight is 323 g/mol. The fourth-order valence-electron chi connectivity index (χ4n) is 1.84. The molecule has 0 fully saturated rings. The minimum Gasteiger partial charge on any atom is -0.465 e. The van der Waals surface area contributed by atoms with Crippen molar-refractivity contribution in [2.75, 3.05) is 14.2 Å². The third kappa shape index (κ3) is 3.17. The molecule has 0 amide bonds. The molecule has 0 atom stereocenters. The summed E-state index contributed by atoms with van der Waals surface area (Å²) >= 11 is 5.33. The van der Waals surface area contributed by atoms with Crippen LogP contribution in [0.15, 0.2) is 34.7 Å². The molecule has 7 heteroatoms. The van der Waals surface area contributed by atoms with Crippen LogP contribution in [0.1, 0.15) is 31.3 Å². The summed E-state index contributed by atoms with van der Waals surface area (Å²) in [6, 6.07) is 7.19. The molecule has 0 bridgehead atoms. The van der Waals surface area contributed by atoms with Crippen molar-refractivity contribution in [1.82, 2.24) is 0 Å². The first-order chi connectivity index (χ1) is 10.5. The molecule has 0 N–H and O–H groups in total. The zero-order chi connectivity index (χ0) is 16.3. The van der Waals surface area contributed by atoms with Gasteiger partial charge in [-0.25, -0.2) is 9.59 Å². The van der Waals surface area contributed by atoms with Crippen LogP contribution >= 0.6 is 11.6 Å². The van der Waals surface area contributed by atoms with Crippen LogP contribution < -0.4 is 0 Å². The maximum atomic E-state index is 11.7. The van der Waals surface area contributed by atoms with Gasteiger partial charge in [-0.3, -0.25) is 4.79 Å². The number of carbonyl (C=O) groups excluding carboxylic acids is 3. The van der Waals surface area contributed by atoms with Crippen molar-refractivity contribution in [3.8, 4) is 11.3 Å². The summed E-state index contributed by atoms with van der Waals surface area (Å²) in [4.78, 5) is 34.4. The van der Waals surface area contributed by atoms with E-state index in [0.29, 0.717) is 5.56 Å². The van der Waals surface area contributed by atoms with E-state index in [2.05, 4.69) is 9.47 Å². The summed E-state index contributed by atoms with van der Waals surface area (Å²) in [6.07, 6.45) is 0. The maximum absolute atomic E-state index is 11.7. The summed E-state index contributed by atoms with van der Waals surface area (Å²) in [5, 5.41) is -0.747. The van der Waals surface area contributed by atoms with E-state index >= 15 is 0 Å². The highest BCUT2D eigenvalue weighted by molar-refractivity contribution is 6.67. The lowest BCUT2D eigenvalue weighted by molar-refractivity contribution is 0.0599. The van der Waals surface area contributed by atoms with Gasteiger partial charge in [-0.1, -0.05) is 0 Å². The molecule has 0 aliphatic rings. The molecule has 114 valence electrons. The number of methoxy groups -OCH3 is 2. The van der Waals surface area contributed by atoms with Crippen molar-refractivity contribution in [3.05, 3.63) is 47.2 Å². The van der Waals surface area contributed by atoms with Crippen LogP contribution in [0.4, 0.5) is 0 Å². The largest absolute Gasteiger partial charge is 0.465 e. The Labute approximate surface area is 130 Å². The molecular formula is C15H11ClO6. The first-order valence-electron chi connectivity index (χ1n) is 6.08. The fraction of sp³-hybridized carbons (Fsp3) is 0.133. The number of carbonyl (C=O) groups is 3. The molecule has 0 saturated heterocycles. The first-order valence-corrected chi connectivity index (χ1v) is 6.46. The molecule has 0 unspecified atom stereocenters. The average Bonchev–Trinajstić information content (AvgIpc) is 3.03. The second-order valence-electron chi connectivity index (χ2n) is 4.22. The number of benzene rings is 1. The van der Waals surface area contributed by atoms with E-state index in [-0.39, 0.29) is 22.6 Å². The normalized spacial score (nSPS) is 10.1. The summed E-state index contributed by atoms with van der Waals surface area (Å²) in [7, 11) is 2.45. The predicted octanol–water partition coefficient (Wildman–Crippen LogP) is 2.90. The molecule has 0 radical (unpaired) electrons. The van der Waals surface area contributed by atoms with Gasteiger partial charge in [-0.2, -0.15) is 0 Å². The summed E-state index contributed by atoms with van der Waals surface area (Å²) < 4.78 is 14.6. The number of hydrogen-bond acceptors (Lipinski definition) is 6. The molecule has 1 heterocycles. The van der Waals surface area contributed by atoms with E-state index < -0.39 is 17.2 Å². The molecule has 0 aliphatic carbocycles. The van der Waals surface area contributed by atoms with E-state index in [4.69, 9.17) is 16.0 Å². The number of furan rings is 1. The number of halogens is 1. The molecule has 0 spiro atoms. The van der Waals surface area contributed by atoms with Crippen molar-refractivity contribution in [2.45, 2.75) is 0 Å². The Morgan fingerprint density at radius 3 is 1.91 bits per heavy atom. The van der Waals surface area contributed by atoms with E-state index in [1.54, 1.807) is 0 Å². The monoisotopic (exact) mass is 322 g/mol. The molecule has 2 rings (SSSR count). The lowest BCUT2D eigenvalue weighted by Crippen LogP contribution is -2.06. The van der Waals surface area contributed by atoms with E-state index in [9.17, 15) is 14.4 Å². The smallest absolute Gasteiger partial charge is 0.337 e. The van der Waals surface area contributed by atoms with Crippen molar-refractivity contribution in [2.24, 2.45) is 0 Å². The quantitative estimate of drug-likeness (QED) is 0.635. The molecule has 6 nitrogen and oxygen atoms in total. The van der Waals surface area contributed by atoms with Crippen LogP contribution in [0.3, 0.4) is 0 Å². The summed E-state index contributed by atoms with van der Waals surface area (Å²) in [5.41, 5.74) is 0.707. The van der Waals surface area contributed by atoms with Crippen molar-refractivity contribution in [1.29, 1.82) is 0 Å². The molecule has 0 saturated carbocycles. The highest BCUT2D eigenvalue weighted by Gasteiger charge is 2.17. The number of rotatable bonds is 4. The van der Waals surface area contributed by atoms with E-state index in [1.807, 2.05) is 0 Å². The van der Waals surface area contributed by atoms with Crippen molar-refractivity contribution >= 4 is 28.8 Å². The molecule has 2 aromatic rings. The highest BCUT2D eigenvalue weighted by atomic mass is 35.5. The zero-order valence-corrected chi connectivity index (χ0v) is 12.5. The number of esters is 2. The van der Waals surface area contributed by atoms with Crippen LogP contribution in [0.2, 0.25) is 0 Å². The Bertz CT molecular complexity index is 712. The second-order valence-corrected chi connectivity index (χ2v) is 4.56. The van der Waals surface area contributed by atoms with Gasteiger partial charge in [0.2, 0.25) is 0 Å².